The fourth-order valence-corrected chi connectivity index (χ4v) is 4.21. The van der Waals surface area contributed by atoms with E-state index < -0.39 is 0 Å². The van der Waals surface area contributed by atoms with Gasteiger partial charge in [-0.25, -0.2) is 0 Å². The molecule has 0 saturated heterocycles. The molecule has 1 heterocycles. The lowest BCUT2D eigenvalue weighted by Gasteiger charge is -2.30. The first-order valence-electron chi connectivity index (χ1n) is 7.66. The van der Waals surface area contributed by atoms with E-state index >= 15 is 0 Å². The van der Waals surface area contributed by atoms with Crippen molar-refractivity contribution in [2.24, 2.45) is 17.8 Å². The number of hydrogen-bond donors (Lipinski definition) is 2. The van der Waals surface area contributed by atoms with Crippen LogP contribution in [-0.2, 0) is 0 Å². The summed E-state index contributed by atoms with van der Waals surface area (Å²) in [5.41, 5.74) is 0.731. The normalized spacial score (nSPS) is 30.9. The molecule has 1 amide bonds. The highest BCUT2D eigenvalue weighted by Crippen LogP contribution is 2.48. The van der Waals surface area contributed by atoms with Crippen molar-refractivity contribution >= 4 is 16.9 Å². The van der Waals surface area contributed by atoms with Gasteiger partial charge < -0.3 is 14.8 Å². The minimum Gasteiger partial charge on any atom is -0.451 e. The standard InChI is InChI=1S/C17H19NO3/c19-9-13-10-5-6-12(7-10)16(13)18-17(20)15-8-11-3-1-2-4-14(11)21-15/h1-4,8,10,12-13,16,19H,5-7,9H2,(H,18,20). The number of fused-ring (bicyclic) bond motifs is 3. The van der Waals surface area contributed by atoms with E-state index in [1.54, 1.807) is 6.07 Å². The van der Waals surface area contributed by atoms with E-state index in [0.717, 1.165) is 23.8 Å². The molecule has 2 aliphatic rings. The molecule has 0 aliphatic heterocycles. The highest BCUT2D eigenvalue weighted by molar-refractivity contribution is 5.96. The van der Waals surface area contributed by atoms with Crippen molar-refractivity contribution in [3.05, 3.63) is 36.1 Å². The van der Waals surface area contributed by atoms with Gasteiger partial charge in [0.25, 0.3) is 5.91 Å². The van der Waals surface area contributed by atoms with Crippen LogP contribution >= 0.6 is 0 Å². The van der Waals surface area contributed by atoms with Crippen molar-refractivity contribution in [1.82, 2.24) is 5.32 Å². The zero-order chi connectivity index (χ0) is 14.4. The van der Waals surface area contributed by atoms with Crippen molar-refractivity contribution in [3.63, 3.8) is 0 Å². The van der Waals surface area contributed by atoms with Gasteiger partial charge >= 0.3 is 0 Å². The Kier molecular flexibility index (Phi) is 3.00. The molecule has 1 aromatic heterocycles. The number of aliphatic hydroxyl groups is 1. The lowest BCUT2D eigenvalue weighted by atomic mass is 9.85. The maximum Gasteiger partial charge on any atom is 0.287 e. The molecule has 2 aromatic rings. The van der Waals surface area contributed by atoms with Crippen LogP contribution in [0.4, 0.5) is 0 Å². The maximum atomic E-state index is 12.4. The molecule has 2 fully saturated rings. The third-order valence-electron chi connectivity index (χ3n) is 5.25. The number of rotatable bonds is 3. The summed E-state index contributed by atoms with van der Waals surface area (Å²) >= 11 is 0. The largest absolute Gasteiger partial charge is 0.451 e. The predicted molar refractivity (Wildman–Crippen MR) is 78.9 cm³/mol. The molecule has 21 heavy (non-hydrogen) atoms. The van der Waals surface area contributed by atoms with Crippen LogP contribution in [0.15, 0.2) is 34.7 Å². The zero-order valence-electron chi connectivity index (χ0n) is 11.8. The molecule has 4 nitrogen and oxygen atoms in total. The monoisotopic (exact) mass is 285 g/mol. The highest BCUT2D eigenvalue weighted by Gasteiger charge is 2.47. The van der Waals surface area contributed by atoms with E-state index in [9.17, 15) is 9.90 Å². The van der Waals surface area contributed by atoms with Gasteiger partial charge in [0, 0.05) is 24.0 Å². The number of hydrogen-bond acceptors (Lipinski definition) is 3. The summed E-state index contributed by atoms with van der Waals surface area (Å²) in [7, 11) is 0. The van der Waals surface area contributed by atoms with Crippen LogP contribution in [0.5, 0.6) is 0 Å². The number of benzene rings is 1. The number of furan rings is 1. The number of amides is 1. The van der Waals surface area contributed by atoms with E-state index in [1.165, 1.54) is 6.42 Å². The van der Waals surface area contributed by atoms with Gasteiger partial charge in [-0.2, -0.15) is 0 Å². The Hall–Kier alpha value is -1.81. The second kappa shape index (κ2) is 4.88. The van der Waals surface area contributed by atoms with Crippen molar-refractivity contribution in [1.29, 1.82) is 0 Å². The molecule has 2 saturated carbocycles. The van der Waals surface area contributed by atoms with Gasteiger partial charge in [0.2, 0.25) is 0 Å². The molecule has 2 aliphatic carbocycles. The van der Waals surface area contributed by atoms with E-state index in [1.807, 2.05) is 24.3 Å². The van der Waals surface area contributed by atoms with Crippen LogP contribution in [0.2, 0.25) is 0 Å². The summed E-state index contributed by atoms with van der Waals surface area (Å²) in [4.78, 5) is 12.4. The van der Waals surface area contributed by atoms with E-state index in [4.69, 9.17) is 4.42 Å². The zero-order valence-corrected chi connectivity index (χ0v) is 11.8. The van der Waals surface area contributed by atoms with Gasteiger partial charge in [-0.05, 0) is 43.2 Å². The minimum atomic E-state index is -0.165. The molecule has 2 N–H and O–H groups in total. The molecule has 4 rings (SSSR count). The van der Waals surface area contributed by atoms with Crippen LogP contribution in [-0.4, -0.2) is 23.7 Å². The Morgan fingerprint density at radius 1 is 1.29 bits per heavy atom. The van der Waals surface area contributed by atoms with Crippen molar-refractivity contribution < 1.29 is 14.3 Å². The summed E-state index contributed by atoms with van der Waals surface area (Å²) in [6.45, 7) is 0.159. The third-order valence-corrected chi connectivity index (χ3v) is 5.25. The van der Waals surface area contributed by atoms with Gasteiger partial charge in [0.1, 0.15) is 5.58 Å². The Bertz CT molecular complexity index is 644. The number of aliphatic hydroxyl groups excluding tert-OH is 1. The van der Waals surface area contributed by atoms with Crippen LogP contribution in [0.3, 0.4) is 0 Å². The fourth-order valence-electron chi connectivity index (χ4n) is 4.21. The van der Waals surface area contributed by atoms with Crippen molar-refractivity contribution in [2.75, 3.05) is 6.61 Å². The summed E-state index contributed by atoms with van der Waals surface area (Å²) in [5, 5.41) is 13.6. The summed E-state index contributed by atoms with van der Waals surface area (Å²) in [6.07, 6.45) is 3.48. The molecule has 1 aromatic carbocycles. The first-order chi connectivity index (χ1) is 10.3. The Morgan fingerprint density at radius 2 is 2.10 bits per heavy atom. The van der Waals surface area contributed by atoms with Crippen molar-refractivity contribution in [2.45, 2.75) is 25.3 Å². The van der Waals surface area contributed by atoms with Gasteiger partial charge in [-0.3, -0.25) is 4.79 Å². The molecule has 2 bridgehead atoms. The SMILES string of the molecule is O=C(NC1C2CCC(C2)C1CO)c1cc2ccccc2o1. The Balaban J connectivity index is 1.55. The topological polar surface area (TPSA) is 62.5 Å². The predicted octanol–water partition coefficient (Wildman–Crippen LogP) is 2.57. The summed E-state index contributed by atoms with van der Waals surface area (Å²) in [6, 6.07) is 9.49. The lowest BCUT2D eigenvalue weighted by Crippen LogP contribution is -2.45. The summed E-state index contributed by atoms with van der Waals surface area (Å²) in [5.74, 6) is 1.48. The van der Waals surface area contributed by atoms with Gasteiger partial charge in [-0.15, -0.1) is 0 Å². The molecule has 4 unspecified atom stereocenters. The second-order valence-corrected chi connectivity index (χ2v) is 6.33. The highest BCUT2D eigenvalue weighted by atomic mass is 16.3. The van der Waals surface area contributed by atoms with E-state index in [-0.39, 0.29) is 24.5 Å². The maximum absolute atomic E-state index is 12.4. The molecule has 110 valence electrons. The molecular formula is C17H19NO3. The average molecular weight is 285 g/mol. The minimum absolute atomic E-state index is 0.0921. The van der Waals surface area contributed by atoms with Crippen molar-refractivity contribution in [3.8, 4) is 0 Å². The average Bonchev–Trinajstić information content (AvgIpc) is 3.20. The smallest absolute Gasteiger partial charge is 0.287 e. The molecule has 0 spiro atoms. The Morgan fingerprint density at radius 3 is 2.90 bits per heavy atom. The van der Waals surface area contributed by atoms with Crippen LogP contribution in [0.1, 0.15) is 29.8 Å². The molecule has 4 heteroatoms. The summed E-state index contributed by atoms with van der Waals surface area (Å²) < 4.78 is 5.61. The molecule has 0 radical (unpaired) electrons. The van der Waals surface area contributed by atoms with E-state index in [2.05, 4.69) is 5.32 Å². The molecule has 4 atom stereocenters. The molecular weight excluding hydrogens is 266 g/mol. The van der Waals surface area contributed by atoms with Crippen LogP contribution in [0.25, 0.3) is 11.0 Å². The second-order valence-electron chi connectivity index (χ2n) is 6.33. The third kappa shape index (κ3) is 2.05. The lowest BCUT2D eigenvalue weighted by molar-refractivity contribution is 0.0836. The van der Waals surface area contributed by atoms with Gasteiger partial charge in [-0.1, -0.05) is 18.2 Å². The first kappa shape index (κ1) is 12.9. The van der Waals surface area contributed by atoms with E-state index in [0.29, 0.717) is 17.6 Å². The van der Waals surface area contributed by atoms with Gasteiger partial charge in [0.05, 0.1) is 0 Å². The number of carbonyl (C=O) groups excluding carboxylic acids is 1. The number of para-hydroxylation sites is 1. The quantitative estimate of drug-likeness (QED) is 0.911. The van der Waals surface area contributed by atoms with Crippen LogP contribution < -0.4 is 5.32 Å². The van der Waals surface area contributed by atoms with Gasteiger partial charge in [0.15, 0.2) is 5.76 Å². The first-order valence-corrected chi connectivity index (χ1v) is 7.66. The Labute approximate surface area is 123 Å². The number of carbonyl (C=O) groups is 1. The van der Waals surface area contributed by atoms with Crippen LogP contribution in [0, 0.1) is 17.8 Å². The number of nitrogens with one attached hydrogen (secondary N) is 1. The fraction of sp³-hybridized carbons (Fsp3) is 0.471.